The van der Waals surface area contributed by atoms with E-state index in [1.165, 1.54) is 44.1 Å². The molecule has 0 spiro atoms. The van der Waals surface area contributed by atoms with Crippen molar-refractivity contribution in [1.82, 2.24) is 15.3 Å². The quantitative estimate of drug-likeness (QED) is 0.841. The monoisotopic (exact) mass is 325 g/mol. The number of benzene rings is 1. The average molecular weight is 325 g/mol. The normalized spacial score (nSPS) is 22.7. The minimum atomic E-state index is 0.135. The molecule has 1 saturated heterocycles. The van der Waals surface area contributed by atoms with Crippen LogP contribution in [0.5, 0.6) is 0 Å². The number of carbonyl (C=O) groups is 1. The Balaban J connectivity index is 1.47. The first-order valence-corrected chi connectivity index (χ1v) is 9.53. The minimum Gasteiger partial charge on any atom is -0.356 e. The molecule has 1 unspecified atom stereocenters. The second-order valence-electron chi connectivity index (χ2n) is 7.58. The molecule has 0 radical (unpaired) electrons. The summed E-state index contributed by atoms with van der Waals surface area (Å²) >= 11 is 0. The molecule has 2 fully saturated rings. The number of fused-ring (bicyclic) bond motifs is 1. The standard InChI is InChI=1S/C20H27N3O/c24-20-16(9-10-21-20)11-15-7-8-17-18(12-15)23-19(22-17)13-14-5-3-1-2-4-6-14/h7-8,12,14,16H,1-6,9-11,13H2,(H,21,24)(H,22,23). The highest BCUT2D eigenvalue weighted by atomic mass is 16.2. The molecule has 1 aromatic carbocycles. The van der Waals surface area contributed by atoms with Crippen molar-refractivity contribution in [2.45, 2.75) is 57.8 Å². The largest absolute Gasteiger partial charge is 0.356 e. The highest BCUT2D eigenvalue weighted by Gasteiger charge is 2.24. The van der Waals surface area contributed by atoms with E-state index < -0.39 is 0 Å². The number of H-pyrrole nitrogens is 1. The fourth-order valence-corrected chi connectivity index (χ4v) is 4.30. The second kappa shape index (κ2) is 6.96. The number of nitrogens with zero attached hydrogens (tertiary/aromatic N) is 1. The molecule has 2 aliphatic rings. The van der Waals surface area contributed by atoms with E-state index in [-0.39, 0.29) is 11.8 Å². The zero-order chi connectivity index (χ0) is 16.4. The number of carbonyl (C=O) groups excluding carboxylic acids is 1. The first kappa shape index (κ1) is 15.7. The van der Waals surface area contributed by atoms with Crippen LogP contribution in [0, 0.1) is 11.8 Å². The molecule has 2 aromatic rings. The Hall–Kier alpha value is -1.84. The van der Waals surface area contributed by atoms with E-state index in [1.807, 2.05) is 0 Å². The molecule has 1 aromatic heterocycles. The lowest BCUT2D eigenvalue weighted by Gasteiger charge is -2.11. The number of rotatable bonds is 4. The second-order valence-corrected chi connectivity index (χ2v) is 7.58. The Morgan fingerprint density at radius 3 is 2.62 bits per heavy atom. The van der Waals surface area contributed by atoms with Crippen molar-refractivity contribution in [2.24, 2.45) is 11.8 Å². The molecule has 4 nitrogen and oxygen atoms in total. The van der Waals surface area contributed by atoms with Crippen molar-refractivity contribution in [3.8, 4) is 0 Å². The van der Waals surface area contributed by atoms with Crippen LogP contribution in [0.25, 0.3) is 11.0 Å². The zero-order valence-corrected chi connectivity index (χ0v) is 14.3. The summed E-state index contributed by atoms with van der Waals surface area (Å²) in [6, 6.07) is 6.42. The molecule has 1 amide bonds. The van der Waals surface area contributed by atoms with Gasteiger partial charge in [0.2, 0.25) is 5.91 Å². The van der Waals surface area contributed by atoms with Gasteiger partial charge in [0.1, 0.15) is 5.82 Å². The number of imidazole rings is 1. The molecule has 1 aliphatic carbocycles. The van der Waals surface area contributed by atoms with Gasteiger partial charge in [0.15, 0.2) is 0 Å². The molecular formula is C20H27N3O. The number of nitrogens with one attached hydrogen (secondary N) is 2. The first-order valence-electron chi connectivity index (χ1n) is 9.53. The van der Waals surface area contributed by atoms with Gasteiger partial charge in [0.25, 0.3) is 0 Å². The van der Waals surface area contributed by atoms with Gasteiger partial charge in [-0.15, -0.1) is 0 Å². The van der Waals surface area contributed by atoms with Gasteiger partial charge >= 0.3 is 0 Å². The van der Waals surface area contributed by atoms with Crippen molar-refractivity contribution in [2.75, 3.05) is 6.54 Å². The van der Waals surface area contributed by atoms with Crippen LogP contribution in [0.3, 0.4) is 0 Å². The topological polar surface area (TPSA) is 57.8 Å². The summed E-state index contributed by atoms with van der Waals surface area (Å²) in [5, 5.41) is 2.92. The maximum Gasteiger partial charge on any atom is 0.223 e. The summed E-state index contributed by atoms with van der Waals surface area (Å²) in [7, 11) is 0. The molecule has 0 bridgehead atoms. The van der Waals surface area contributed by atoms with E-state index in [9.17, 15) is 4.79 Å². The van der Waals surface area contributed by atoms with Gasteiger partial charge in [-0.05, 0) is 36.5 Å². The van der Waals surface area contributed by atoms with Gasteiger partial charge in [-0.2, -0.15) is 0 Å². The summed E-state index contributed by atoms with van der Waals surface area (Å²) in [4.78, 5) is 20.1. The third-order valence-corrected chi connectivity index (χ3v) is 5.70. The molecule has 4 heteroatoms. The number of hydrogen-bond donors (Lipinski definition) is 2. The third kappa shape index (κ3) is 3.47. The van der Waals surface area contributed by atoms with Crippen LogP contribution in [0.1, 0.15) is 56.3 Å². The van der Waals surface area contributed by atoms with Crippen LogP contribution >= 0.6 is 0 Å². The lowest BCUT2D eigenvalue weighted by Crippen LogP contribution is -2.20. The third-order valence-electron chi connectivity index (χ3n) is 5.70. The van der Waals surface area contributed by atoms with Crippen molar-refractivity contribution in [1.29, 1.82) is 0 Å². The molecule has 1 saturated carbocycles. The van der Waals surface area contributed by atoms with Gasteiger partial charge in [-0.25, -0.2) is 4.98 Å². The SMILES string of the molecule is O=C1NCCC1Cc1ccc2nc(CC3CCCCCC3)[nH]c2c1. The molecule has 1 atom stereocenters. The van der Waals surface area contributed by atoms with E-state index in [0.29, 0.717) is 0 Å². The van der Waals surface area contributed by atoms with Crippen LogP contribution in [0.2, 0.25) is 0 Å². The fourth-order valence-electron chi connectivity index (χ4n) is 4.30. The van der Waals surface area contributed by atoms with Gasteiger partial charge in [0, 0.05) is 18.9 Å². The highest BCUT2D eigenvalue weighted by molar-refractivity contribution is 5.81. The van der Waals surface area contributed by atoms with Crippen molar-refractivity contribution in [3.63, 3.8) is 0 Å². The Morgan fingerprint density at radius 1 is 1.04 bits per heavy atom. The van der Waals surface area contributed by atoms with Crippen LogP contribution in [-0.4, -0.2) is 22.4 Å². The average Bonchev–Trinajstić information content (AvgIpc) is 3.05. The molecule has 1 aliphatic heterocycles. The van der Waals surface area contributed by atoms with Gasteiger partial charge in [-0.3, -0.25) is 4.79 Å². The molecular weight excluding hydrogens is 298 g/mol. The van der Waals surface area contributed by atoms with E-state index in [4.69, 9.17) is 4.98 Å². The highest BCUT2D eigenvalue weighted by Crippen LogP contribution is 2.26. The van der Waals surface area contributed by atoms with E-state index in [2.05, 4.69) is 28.5 Å². The summed E-state index contributed by atoms with van der Waals surface area (Å²) in [6.45, 7) is 0.821. The fraction of sp³-hybridized carbons (Fsp3) is 0.600. The lowest BCUT2D eigenvalue weighted by atomic mass is 9.96. The number of aromatic nitrogens is 2. The number of aromatic amines is 1. The summed E-state index contributed by atoms with van der Waals surface area (Å²) in [5.41, 5.74) is 3.40. The van der Waals surface area contributed by atoms with Crippen LogP contribution in [0.4, 0.5) is 0 Å². The Labute approximate surface area is 143 Å². The van der Waals surface area contributed by atoms with Crippen LogP contribution < -0.4 is 5.32 Å². The van der Waals surface area contributed by atoms with Gasteiger partial charge in [-0.1, -0.05) is 44.6 Å². The number of amides is 1. The summed E-state index contributed by atoms with van der Waals surface area (Å²) in [6.07, 6.45) is 11.1. The lowest BCUT2D eigenvalue weighted by molar-refractivity contribution is -0.122. The molecule has 4 rings (SSSR count). The Kier molecular flexibility index (Phi) is 4.54. The Morgan fingerprint density at radius 2 is 1.88 bits per heavy atom. The zero-order valence-electron chi connectivity index (χ0n) is 14.3. The summed E-state index contributed by atoms with van der Waals surface area (Å²) < 4.78 is 0. The number of hydrogen-bond acceptors (Lipinski definition) is 2. The molecule has 2 N–H and O–H groups in total. The molecule has 2 heterocycles. The van der Waals surface area contributed by atoms with Crippen molar-refractivity contribution >= 4 is 16.9 Å². The van der Waals surface area contributed by atoms with Gasteiger partial charge in [0.05, 0.1) is 11.0 Å². The molecule has 128 valence electrons. The molecule has 24 heavy (non-hydrogen) atoms. The first-order chi connectivity index (χ1) is 11.8. The Bertz CT molecular complexity index is 713. The van der Waals surface area contributed by atoms with Crippen LogP contribution in [-0.2, 0) is 17.6 Å². The minimum absolute atomic E-state index is 0.135. The van der Waals surface area contributed by atoms with Crippen molar-refractivity contribution in [3.05, 3.63) is 29.6 Å². The smallest absolute Gasteiger partial charge is 0.223 e. The van der Waals surface area contributed by atoms with E-state index in [1.54, 1.807) is 0 Å². The van der Waals surface area contributed by atoms with E-state index >= 15 is 0 Å². The maximum absolute atomic E-state index is 11.8. The predicted octanol–water partition coefficient (Wildman–Crippen LogP) is 3.75. The van der Waals surface area contributed by atoms with Crippen LogP contribution in [0.15, 0.2) is 18.2 Å². The predicted molar refractivity (Wildman–Crippen MR) is 95.8 cm³/mol. The van der Waals surface area contributed by atoms with Gasteiger partial charge < -0.3 is 10.3 Å². The van der Waals surface area contributed by atoms with Crippen molar-refractivity contribution < 1.29 is 4.79 Å². The maximum atomic E-state index is 11.8. The summed E-state index contributed by atoms with van der Waals surface area (Å²) in [5.74, 6) is 2.26. The van der Waals surface area contributed by atoms with E-state index in [0.717, 1.165) is 48.6 Å².